The Hall–Kier alpha value is -1.39. The molecule has 1 heterocycles. The Bertz CT molecular complexity index is 474. The van der Waals surface area contributed by atoms with Crippen molar-refractivity contribution in [2.45, 2.75) is 57.4 Å². The molecule has 3 aliphatic carbocycles. The van der Waals surface area contributed by atoms with E-state index in [1.54, 1.807) is 0 Å². The number of rotatable bonds is 5. The van der Waals surface area contributed by atoms with Gasteiger partial charge in [-0.3, -0.25) is 19.3 Å². The summed E-state index contributed by atoms with van der Waals surface area (Å²) in [5, 5.41) is 3.11. The fraction of sp³-hybridized carbons (Fsp3) is 0.824. The number of likely N-dealkylation sites (tertiary alicyclic amines) is 1. The molecule has 0 aromatic carbocycles. The lowest BCUT2D eigenvalue weighted by atomic mass is 9.81. The lowest BCUT2D eigenvalue weighted by molar-refractivity contribution is -0.143. The lowest BCUT2D eigenvalue weighted by Gasteiger charge is -2.20. The molecule has 4 rings (SSSR count). The van der Waals surface area contributed by atoms with Crippen LogP contribution in [0.5, 0.6) is 0 Å². The van der Waals surface area contributed by atoms with Gasteiger partial charge in [0.05, 0.1) is 11.8 Å². The van der Waals surface area contributed by atoms with Crippen LogP contribution in [0.4, 0.5) is 0 Å². The van der Waals surface area contributed by atoms with Gasteiger partial charge >= 0.3 is 0 Å². The number of hydrogen-bond donors (Lipinski definition) is 1. The minimum atomic E-state index is -0.156. The van der Waals surface area contributed by atoms with E-state index >= 15 is 0 Å². The van der Waals surface area contributed by atoms with Crippen LogP contribution in [0.1, 0.15) is 51.4 Å². The van der Waals surface area contributed by atoms with Crippen LogP contribution in [-0.2, 0) is 14.4 Å². The predicted octanol–water partition coefficient (Wildman–Crippen LogP) is 1.47. The van der Waals surface area contributed by atoms with Gasteiger partial charge in [-0.15, -0.1) is 0 Å². The van der Waals surface area contributed by atoms with Gasteiger partial charge in [0.15, 0.2) is 0 Å². The van der Waals surface area contributed by atoms with Crippen LogP contribution in [0.2, 0.25) is 0 Å². The highest BCUT2D eigenvalue weighted by Gasteiger charge is 2.49. The summed E-state index contributed by atoms with van der Waals surface area (Å²) in [5.41, 5.74) is 0. The second kappa shape index (κ2) is 5.36. The Labute approximate surface area is 130 Å². The molecule has 4 aliphatic rings. The quantitative estimate of drug-likeness (QED) is 0.782. The molecule has 22 heavy (non-hydrogen) atoms. The van der Waals surface area contributed by atoms with E-state index in [1.165, 1.54) is 30.6 Å². The minimum absolute atomic E-state index is 0.0688. The van der Waals surface area contributed by atoms with Gasteiger partial charge in [-0.2, -0.15) is 0 Å². The molecule has 4 fully saturated rings. The van der Waals surface area contributed by atoms with Crippen LogP contribution < -0.4 is 5.32 Å². The lowest BCUT2D eigenvalue weighted by Crippen LogP contribution is -2.46. The van der Waals surface area contributed by atoms with E-state index in [0.717, 1.165) is 25.7 Å². The number of nitrogens with one attached hydrogen (secondary N) is 1. The molecule has 5 nitrogen and oxygen atoms in total. The van der Waals surface area contributed by atoms with Crippen LogP contribution in [0.3, 0.4) is 0 Å². The van der Waals surface area contributed by atoms with Gasteiger partial charge in [-0.05, 0) is 50.4 Å². The Kier molecular flexibility index (Phi) is 3.46. The summed E-state index contributed by atoms with van der Waals surface area (Å²) in [6.07, 6.45) is 8.46. The van der Waals surface area contributed by atoms with Crippen molar-refractivity contribution in [3.63, 3.8) is 0 Å². The monoisotopic (exact) mass is 304 g/mol. The molecule has 0 radical (unpaired) electrons. The third-order valence-corrected chi connectivity index (χ3v) is 5.82. The number of hydrogen-bond acceptors (Lipinski definition) is 3. The van der Waals surface area contributed by atoms with Crippen molar-refractivity contribution in [1.29, 1.82) is 0 Å². The first kappa shape index (κ1) is 14.2. The summed E-state index contributed by atoms with van der Waals surface area (Å²) in [5.74, 6) is 0.573. The average Bonchev–Trinajstić information content (AvgIpc) is 3.41. The van der Waals surface area contributed by atoms with E-state index in [0.29, 0.717) is 11.8 Å². The van der Waals surface area contributed by atoms with Gasteiger partial charge in [0.2, 0.25) is 17.7 Å². The van der Waals surface area contributed by atoms with Gasteiger partial charge in [-0.25, -0.2) is 0 Å². The third-order valence-electron chi connectivity index (χ3n) is 5.82. The number of imide groups is 1. The van der Waals surface area contributed by atoms with Gasteiger partial charge in [0.1, 0.15) is 6.54 Å². The zero-order valence-corrected chi connectivity index (χ0v) is 12.9. The maximum atomic E-state index is 12.4. The zero-order chi connectivity index (χ0) is 15.3. The molecule has 5 heteroatoms. The number of carbonyl (C=O) groups excluding carboxylic acids is 3. The number of carbonyl (C=O) groups is 3. The van der Waals surface area contributed by atoms with Crippen molar-refractivity contribution in [2.24, 2.45) is 23.7 Å². The molecule has 0 aromatic heterocycles. The molecule has 0 bridgehead atoms. The highest BCUT2D eigenvalue weighted by molar-refractivity contribution is 6.07. The standard InChI is InChI=1S/C17H24N2O3/c20-14(18-15(10-5-6-10)11-7-8-11)9-19-16(21)12-3-1-2-4-13(12)17(19)22/h10-13,15H,1-9H2,(H,18,20). The largest absolute Gasteiger partial charge is 0.351 e. The smallest absolute Gasteiger partial charge is 0.240 e. The molecule has 1 aliphatic heterocycles. The normalized spacial score (nSPS) is 31.6. The molecule has 0 spiro atoms. The summed E-state index contributed by atoms with van der Waals surface area (Å²) in [6.45, 7) is -0.0688. The van der Waals surface area contributed by atoms with Gasteiger partial charge < -0.3 is 5.32 Å². The van der Waals surface area contributed by atoms with Gasteiger partial charge in [-0.1, -0.05) is 12.8 Å². The number of nitrogens with zero attached hydrogens (tertiary/aromatic N) is 1. The first-order valence-electron chi connectivity index (χ1n) is 8.79. The van der Waals surface area contributed by atoms with Crippen LogP contribution in [0, 0.1) is 23.7 Å². The molecule has 120 valence electrons. The van der Waals surface area contributed by atoms with Gasteiger partial charge in [0, 0.05) is 6.04 Å². The Morgan fingerprint density at radius 3 is 1.91 bits per heavy atom. The Balaban J connectivity index is 1.38. The SMILES string of the molecule is O=C(CN1C(=O)C2CCCCC2C1=O)NC(C1CC1)C1CC1. The van der Waals surface area contributed by atoms with Gasteiger partial charge in [0.25, 0.3) is 0 Å². The summed E-state index contributed by atoms with van der Waals surface area (Å²) < 4.78 is 0. The van der Waals surface area contributed by atoms with Crippen LogP contribution >= 0.6 is 0 Å². The van der Waals surface area contributed by atoms with Crippen LogP contribution in [0.15, 0.2) is 0 Å². The fourth-order valence-electron chi connectivity index (χ4n) is 4.29. The summed E-state index contributed by atoms with van der Waals surface area (Å²) in [7, 11) is 0. The maximum absolute atomic E-state index is 12.4. The van der Waals surface area contributed by atoms with Crippen LogP contribution in [-0.4, -0.2) is 35.2 Å². The summed E-state index contributed by atoms with van der Waals surface area (Å²) in [4.78, 5) is 38.3. The molecule has 0 aromatic rings. The maximum Gasteiger partial charge on any atom is 0.240 e. The van der Waals surface area contributed by atoms with E-state index in [9.17, 15) is 14.4 Å². The minimum Gasteiger partial charge on any atom is -0.351 e. The highest BCUT2D eigenvalue weighted by Crippen LogP contribution is 2.44. The average molecular weight is 304 g/mol. The van der Waals surface area contributed by atoms with E-state index < -0.39 is 0 Å². The predicted molar refractivity (Wildman–Crippen MR) is 79.5 cm³/mol. The number of fused-ring (bicyclic) bond motifs is 1. The van der Waals surface area contributed by atoms with E-state index in [4.69, 9.17) is 0 Å². The van der Waals surface area contributed by atoms with E-state index in [-0.39, 0.29) is 42.1 Å². The molecular weight excluding hydrogens is 280 g/mol. The highest BCUT2D eigenvalue weighted by atomic mass is 16.2. The third kappa shape index (κ3) is 2.55. The molecule has 1 saturated heterocycles. The number of amides is 3. The first-order chi connectivity index (χ1) is 10.6. The van der Waals surface area contributed by atoms with Crippen molar-refractivity contribution in [1.82, 2.24) is 10.2 Å². The summed E-state index contributed by atoms with van der Waals surface area (Å²) >= 11 is 0. The second-order valence-electron chi connectivity index (χ2n) is 7.53. The molecule has 2 atom stereocenters. The van der Waals surface area contributed by atoms with Crippen LogP contribution in [0.25, 0.3) is 0 Å². The molecule has 2 unspecified atom stereocenters. The van der Waals surface area contributed by atoms with Crippen molar-refractivity contribution in [2.75, 3.05) is 6.54 Å². The topological polar surface area (TPSA) is 66.5 Å². The fourth-order valence-corrected chi connectivity index (χ4v) is 4.29. The molecule has 1 N–H and O–H groups in total. The van der Waals surface area contributed by atoms with Crippen molar-refractivity contribution < 1.29 is 14.4 Å². The zero-order valence-electron chi connectivity index (χ0n) is 12.9. The second-order valence-corrected chi connectivity index (χ2v) is 7.53. The summed E-state index contributed by atoms with van der Waals surface area (Å²) in [6, 6.07) is 0.280. The van der Waals surface area contributed by atoms with Crippen molar-refractivity contribution in [3.05, 3.63) is 0 Å². The van der Waals surface area contributed by atoms with E-state index in [1.807, 2.05) is 0 Å². The first-order valence-corrected chi connectivity index (χ1v) is 8.79. The van der Waals surface area contributed by atoms with E-state index in [2.05, 4.69) is 5.32 Å². The Morgan fingerprint density at radius 1 is 0.955 bits per heavy atom. The van der Waals surface area contributed by atoms with Crippen molar-refractivity contribution in [3.8, 4) is 0 Å². The van der Waals surface area contributed by atoms with Crippen molar-refractivity contribution >= 4 is 17.7 Å². The Morgan fingerprint density at radius 2 is 1.45 bits per heavy atom. The molecule has 3 amide bonds. The molecular formula is C17H24N2O3. The molecule has 3 saturated carbocycles.